The molecule has 0 heterocycles. The average Bonchev–Trinajstić information content (AvgIpc) is 2.65. The lowest BCUT2D eigenvalue weighted by molar-refractivity contribution is -0.137. The first-order valence-corrected chi connectivity index (χ1v) is 7.84. The van der Waals surface area contributed by atoms with Gasteiger partial charge in [0, 0.05) is 18.2 Å². The first-order chi connectivity index (χ1) is 12.1. The molecule has 0 aliphatic carbocycles. The molecular weight excluding hydrogens is 328 g/mol. The maximum Gasteiger partial charge on any atom is 0.338 e. The van der Waals surface area contributed by atoms with Crippen LogP contribution >= 0.6 is 0 Å². The van der Waals surface area contributed by atoms with Crippen LogP contribution in [-0.2, 0) is 19.0 Å². The van der Waals surface area contributed by atoms with Crippen LogP contribution in [0.25, 0.3) is 0 Å². The molecule has 1 aromatic carbocycles. The van der Waals surface area contributed by atoms with Gasteiger partial charge in [0.05, 0.1) is 18.8 Å². The van der Waals surface area contributed by atoms with Crippen LogP contribution in [0, 0.1) is 0 Å². The van der Waals surface area contributed by atoms with Gasteiger partial charge in [0.2, 0.25) is 0 Å². The molecule has 0 aliphatic heterocycles. The van der Waals surface area contributed by atoms with E-state index in [9.17, 15) is 19.5 Å². The van der Waals surface area contributed by atoms with E-state index in [0.29, 0.717) is 36.9 Å². The lowest BCUT2D eigenvalue weighted by Gasteiger charge is -2.12. The molecule has 7 nitrogen and oxygen atoms in total. The van der Waals surface area contributed by atoms with Crippen molar-refractivity contribution >= 4 is 18.2 Å². The van der Waals surface area contributed by atoms with Crippen LogP contribution in [0.1, 0.15) is 33.6 Å². The number of carbonyl (C=O) groups excluding carboxylic acids is 3. The minimum atomic E-state index is -0.934. The lowest BCUT2D eigenvalue weighted by Crippen LogP contribution is -2.24. The van der Waals surface area contributed by atoms with Crippen molar-refractivity contribution in [2.75, 3.05) is 26.4 Å². The molecule has 0 fully saturated rings. The van der Waals surface area contributed by atoms with Gasteiger partial charge in [-0.1, -0.05) is 18.7 Å². The van der Waals surface area contributed by atoms with Crippen molar-refractivity contribution in [3.05, 3.63) is 48.0 Å². The molecule has 1 aromatic rings. The molecular formula is C18H22O7. The molecule has 1 unspecified atom stereocenters. The maximum atomic E-state index is 11.8. The Morgan fingerprint density at radius 2 is 1.76 bits per heavy atom. The third kappa shape index (κ3) is 8.78. The number of aliphatic hydroxyl groups excluding tert-OH is 1. The molecule has 0 saturated carbocycles. The Labute approximate surface area is 146 Å². The number of unbranched alkanes of at least 4 members (excludes halogenated alkanes) is 1. The Bertz CT molecular complexity index is 565. The normalized spacial score (nSPS) is 11.4. The van der Waals surface area contributed by atoms with Crippen LogP contribution in [0.2, 0.25) is 0 Å². The summed E-state index contributed by atoms with van der Waals surface area (Å²) in [5, 5.41) is 9.71. The number of rotatable bonds is 12. The molecule has 0 aliphatic rings. The van der Waals surface area contributed by atoms with E-state index in [-0.39, 0.29) is 19.8 Å². The van der Waals surface area contributed by atoms with Gasteiger partial charge in [-0.3, -0.25) is 4.79 Å². The SMILES string of the molecule is C=CC(=O)OCCCCOCC(O)COC(=O)c1ccc(C=O)cc1. The van der Waals surface area contributed by atoms with E-state index in [2.05, 4.69) is 6.58 Å². The molecule has 136 valence electrons. The summed E-state index contributed by atoms with van der Waals surface area (Å²) >= 11 is 0. The summed E-state index contributed by atoms with van der Waals surface area (Å²) < 4.78 is 15.0. The molecule has 1 atom stereocenters. The zero-order valence-electron chi connectivity index (χ0n) is 13.9. The summed E-state index contributed by atoms with van der Waals surface area (Å²) in [4.78, 5) is 33.1. The van der Waals surface area contributed by atoms with Crippen molar-refractivity contribution in [1.29, 1.82) is 0 Å². The van der Waals surface area contributed by atoms with E-state index in [1.807, 2.05) is 0 Å². The summed E-state index contributed by atoms with van der Waals surface area (Å²) in [6, 6.07) is 5.98. The second-order valence-electron chi connectivity index (χ2n) is 5.15. The summed E-state index contributed by atoms with van der Waals surface area (Å²) in [6.07, 6.45) is 2.16. The Kier molecular flexibility index (Phi) is 9.81. The predicted octanol–water partition coefficient (Wildman–Crippen LogP) is 1.54. The van der Waals surface area contributed by atoms with Gasteiger partial charge in [-0.2, -0.15) is 0 Å². The van der Waals surface area contributed by atoms with Crippen molar-refractivity contribution in [3.8, 4) is 0 Å². The highest BCUT2D eigenvalue weighted by Crippen LogP contribution is 2.05. The molecule has 0 bridgehead atoms. The van der Waals surface area contributed by atoms with Crippen molar-refractivity contribution < 1.29 is 33.7 Å². The van der Waals surface area contributed by atoms with Crippen LogP contribution in [0.5, 0.6) is 0 Å². The van der Waals surface area contributed by atoms with E-state index in [0.717, 1.165) is 6.08 Å². The number of hydrogen-bond donors (Lipinski definition) is 1. The number of ether oxygens (including phenoxy) is 3. The van der Waals surface area contributed by atoms with E-state index in [4.69, 9.17) is 14.2 Å². The van der Waals surface area contributed by atoms with Gasteiger partial charge < -0.3 is 19.3 Å². The summed E-state index contributed by atoms with van der Waals surface area (Å²) in [5.74, 6) is -1.04. The molecule has 1 rings (SSSR count). The average molecular weight is 350 g/mol. The minimum absolute atomic E-state index is 0.0316. The van der Waals surface area contributed by atoms with E-state index in [1.165, 1.54) is 24.3 Å². The zero-order valence-corrected chi connectivity index (χ0v) is 13.9. The topological polar surface area (TPSA) is 99.1 Å². The number of aliphatic hydroxyl groups is 1. The highest BCUT2D eigenvalue weighted by molar-refractivity contribution is 5.90. The van der Waals surface area contributed by atoms with Gasteiger partial charge in [0.15, 0.2) is 0 Å². The highest BCUT2D eigenvalue weighted by atomic mass is 16.5. The van der Waals surface area contributed by atoms with Crippen LogP contribution in [0.3, 0.4) is 0 Å². The fourth-order valence-electron chi connectivity index (χ4n) is 1.76. The molecule has 0 spiro atoms. The van der Waals surface area contributed by atoms with Gasteiger partial charge in [-0.25, -0.2) is 9.59 Å². The van der Waals surface area contributed by atoms with Gasteiger partial charge in [0.1, 0.15) is 19.0 Å². The Hall–Kier alpha value is -2.51. The number of hydrogen-bond acceptors (Lipinski definition) is 7. The Balaban J connectivity index is 2.10. The third-order valence-corrected chi connectivity index (χ3v) is 3.09. The number of esters is 2. The quantitative estimate of drug-likeness (QED) is 0.264. The Morgan fingerprint density at radius 3 is 2.40 bits per heavy atom. The third-order valence-electron chi connectivity index (χ3n) is 3.09. The van der Waals surface area contributed by atoms with Crippen LogP contribution in [-0.4, -0.2) is 55.9 Å². The second-order valence-corrected chi connectivity index (χ2v) is 5.15. The first-order valence-electron chi connectivity index (χ1n) is 7.84. The molecule has 0 amide bonds. The number of benzene rings is 1. The predicted molar refractivity (Wildman–Crippen MR) is 89.3 cm³/mol. The zero-order chi connectivity index (χ0) is 18.5. The first kappa shape index (κ1) is 20.5. The Morgan fingerprint density at radius 1 is 1.08 bits per heavy atom. The van der Waals surface area contributed by atoms with Gasteiger partial charge in [0.25, 0.3) is 0 Å². The van der Waals surface area contributed by atoms with Crippen LogP contribution < -0.4 is 0 Å². The summed E-state index contributed by atoms with van der Waals surface area (Å²) in [6.45, 7) is 3.81. The van der Waals surface area contributed by atoms with Crippen LogP contribution in [0.4, 0.5) is 0 Å². The summed E-state index contributed by atoms with van der Waals surface area (Å²) in [5.41, 5.74) is 0.761. The van der Waals surface area contributed by atoms with Crippen molar-refractivity contribution in [2.24, 2.45) is 0 Å². The molecule has 25 heavy (non-hydrogen) atoms. The van der Waals surface area contributed by atoms with Crippen molar-refractivity contribution in [1.82, 2.24) is 0 Å². The molecule has 0 radical (unpaired) electrons. The van der Waals surface area contributed by atoms with Gasteiger partial charge >= 0.3 is 11.9 Å². The molecule has 0 saturated heterocycles. The van der Waals surface area contributed by atoms with Crippen LogP contribution in [0.15, 0.2) is 36.9 Å². The monoisotopic (exact) mass is 350 g/mol. The lowest BCUT2D eigenvalue weighted by atomic mass is 10.1. The standard InChI is InChI=1S/C18H22O7/c1-2-17(21)24-10-4-3-9-23-12-16(20)13-25-18(22)15-7-5-14(11-19)6-8-15/h2,5-8,11,16,20H,1,3-4,9-10,12-13H2. The molecule has 0 aromatic heterocycles. The van der Waals surface area contributed by atoms with E-state index >= 15 is 0 Å². The maximum absolute atomic E-state index is 11.8. The van der Waals surface area contributed by atoms with E-state index < -0.39 is 18.0 Å². The largest absolute Gasteiger partial charge is 0.463 e. The van der Waals surface area contributed by atoms with Crippen molar-refractivity contribution in [2.45, 2.75) is 18.9 Å². The number of carbonyl (C=O) groups is 3. The second kappa shape index (κ2) is 11.9. The minimum Gasteiger partial charge on any atom is -0.463 e. The fourth-order valence-corrected chi connectivity index (χ4v) is 1.76. The van der Waals surface area contributed by atoms with E-state index in [1.54, 1.807) is 0 Å². The number of aldehydes is 1. The van der Waals surface area contributed by atoms with Gasteiger partial charge in [-0.15, -0.1) is 0 Å². The molecule has 1 N–H and O–H groups in total. The van der Waals surface area contributed by atoms with Gasteiger partial charge in [-0.05, 0) is 25.0 Å². The summed E-state index contributed by atoms with van der Waals surface area (Å²) in [7, 11) is 0. The smallest absolute Gasteiger partial charge is 0.338 e. The highest BCUT2D eigenvalue weighted by Gasteiger charge is 2.11. The fraction of sp³-hybridized carbons (Fsp3) is 0.389. The van der Waals surface area contributed by atoms with Crippen molar-refractivity contribution in [3.63, 3.8) is 0 Å². The molecule has 7 heteroatoms.